The van der Waals surface area contributed by atoms with Gasteiger partial charge in [-0.25, -0.2) is 0 Å². The Labute approximate surface area is 164 Å². The molecule has 0 spiro atoms. The van der Waals surface area contributed by atoms with Crippen LogP contribution in [0.2, 0.25) is 0 Å². The number of carbonyl (C=O) groups excluding carboxylic acids is 1. The summed E-state index contributed by atoms with van der Waals surface area (Å²) in [6.07, 6.45) is 0. The average molecular weight is 378 g/mol. The minimum Gasteiger partial charge on any atom is -0.497 e. The van der Waals surface area contributed by atoms with Crippen molar-refractivity contribution >= 4 is 17.7 Å². The van der Waals surface area contributed by atoms with Crippen LogP contribution in [0, 0.1) is 0 Å². The van der Waals surface area contributed by atoms with Crippen LogP contribution in [0.3, 0.4) is 0 Å². The molecule has 3 aromatic rings. The predicted molar refractivity (Wildman–Crippen MR) is 111 cm³/mol. The van der Waals surface area contributed by atoms with E-state index in [-0.39, 0.29) is 17.2 Å². The number of benzene rings is 3. The molecule has 4 heteroatoms. The maximum Gasteiger partial charge on any atom is 0.233 e. The van der Waals surface area contributed by atoms with Gasteiger partial charge in [0.15, 0.2) is 0 Å². The van der Waals surface area contributed by atoms with Crippen molar-refractivity contribution in [2.24, 2.45) is 0 Å². The lowest BCUT2D eigenvalue weighted by Gasteiger charge is -2.22. The lowest BCUT2D eigenvalue weighted by atomic mass is 9.98. The van der Waals surface area contributed by atoms with Crippen molar-refractivity contribution < 1.29 is 9.53 Å². The summed E-state index contributed by atoms with van der Waals surface area (Å²) in [7, 11) is 1.64. The number of carbonyl (C=O) groups is 1. The molecule has 1 N–H and O–H groups in total. The maximum atomic E-state index is 12.9. The number of rotatable bonds is 7. The Kier molecular flexibility index (Phi) is 6.55. The first-order valence-electron chi connectivity index (χ1n) is 8.88. The summed E-state index contributed by atoms with van der Waals surface area (Å²) in [5.41, 5.74) is 2.13. The van der Waals surface area contributed by atoms with Crippen molar-refractivity contribution in [3.05, 3.63) is 96.1 Å². The first kappa shape index (κ1) is 19.1. The number of amides is 1. The molecule has 3 rings (SSSR count). The summed E-state index contributed by atoms with van der Waals surface area (Å²) in [4.78, 5) is 13.9. The molecule has 1 amide bonds. The van der Waals surface area contributed by atoms with Crippen LogP contribution >= 0.6 is 11.8 Å². The monoisotopic (exact) mass is 377 g/mol. The maximum absolute atomic E-state index is 12.9. The first-order valence-corrected chi connectivity index (χ1v) is 9.76. The third-order valence-electron chi connectivity index (χ3n) is 4.28. The highest BCUT2D eigenvalue weighted by Crippen LogP contribution is 2.28. The van der Waals surface area contributed by atoms with E-state index in [9.17, 15) is 4.79 Å². The Morgan fingerprint density at radius 3 is 2.04 bits per heavy atom. The van der Waals surface area contributed by atoms with Gasteiger partial charge >= 0.3 is 0 Å². The van der Waals surface area contributed by atoms with Crippen LogP contribution < -0.4 is 10.1 Å². The number of hydrogen-bond donors (Lipinski definition) is 1. The lowest BCUT2D eigenvalue weighted by Crippen LogP contribution is -2.34. The Hall–Kier alpha value is -2.72. The highest BCUT2D eigenvalue weighted by atomic mass is 32.2. The number of methoxy groups -OCH3 is 1. The topological polar surface area (TPSA) is 38.3 Å². The molecule has 1 unspecified atom stereocenters. The molecule has 0 aliphatic heterocycles. The van der Waals surface area contributed by atoms with Gasteiger partial charge in [0.2, 0.25) is 5.91 Å². The summed E-state index contributed by atoms with van der Waals surface area (Å²) in [5.74, 6) is 0.791. The fourth-order valence-electron chi connectivity index (χ4n) is 2.84. The zero-order valence-electron chi connectivity index (χ0n) is 15.5. The summed E-state index contributed by atoms with van der Waals surface area (Å²) in [6.45, 7) is 1.92. The molecule has 0 heterocycles. The minimum absolute atomic E-state index is 0.000487. The zero-order chi connectivity index (χ0) is 19.1. The van der Waals surface area contributed by atoms with Crippen molar-refractivity contribution in [1.29, 1.82) is 0 Å². The van der Waals surface area contributed by atoms with E-state index in [0.717, 1.165) is 21.8 Å². The highest BCUT2D eigenvalue weighted by molar-refractivity contribution is 8.00. The van der Waals surface area contributed by atoms with Crippen LogP contribution in [0.5, 0.6) is 5.75 Å². The van der Waals surface area contributed by atoms with E-state index < -0.39 is 0 Å². The van der Waals surface area contributed by atoms with Crippen LogP contribution in [0.4, 0.5) is 0 Å². The minimum atomic E-state index is -0.230. The van der Waals surface area contributed by atoms with E-state index in [1.165, 1.54) is 11.8 Å². The molecule has 0 aliphatic rings. The van der Waals surface area contributed by atoms with Crippen molar-refractivity contribution in [1.82, 2.24) is 5.32 Å². The van der Waals surface area contributed by atoms with Gasteiger partial charge in [0.05, 0.1) is 18.4 Å². The van der Waals surface area contributed by atoms with E-state index >= 15 is 0 Å². The third kappa shape index (κ3) is 5.14. The molecule has 0 aliphatic carbocycles. The molecule has 0 saturated carbocycles. The first-order chi connectivity index (χ1) is 13.2. The van der Waals surface area contributed by atoms with Crippen molar-refractivity contribution in [2.75, 3.05) is 7.11 Å². The largest absolute Gasteiger partial charge is 0.497 e. The Morgan fingerprint density at radius 1 is 0.889 bits per heavy atom. The summed E-state index contributed by atoms with van der Waals surface area (Å²) >= 11 is 1.52. The van der Waals surface area contributed by atoms with Gasteiger partial charge in [-0.1, -0.05) is 66.7 Å². The quantitative estimate of drug-likeness (QED) is 0.584. The molecule has 0 bridgehead atoms. The number of ether oxygens (including phenoxy) is 1. The van der Waals surface area contributed by atoms with Gasteiger partial charge in [0, 0.05) is 4.90 Å². The third-order valence-corrected chi connectivity index (χ3v) is 5.37. The molecule has 0 radical (unpaired) electrons. The molecule has 0 fully saturated rings. The smallest absolute Gasteiger partial charge is 0.233 e. The van der Waals surface area contributed by atoms with E-state index in [0.29, 0.717) is 0 Å². The van der Waals surface area contributed by atoms with E-state index in [2.05, 4.69) is 5.32 Å². The van der Waals surface area contributed by atoms with Crippen LogP contribution in [-0.2, 0) is 4.79 Å². The number of thioether (sulfide) groups is 1. The van der Waals surface area contributed by atoms with Crippen LogP contribution in [-0.4, -0.2) is 18.3 Å². The Morgan fingerprint density at radius 2 is 1.48 bits per heavy atom. The lowest BCUT2D eigenvalue weighted by molar-refractivity contribution is -0.120. The van der Waals surface area contributed by atoms with E-state index in [4.69, 9.17) is 4.74 Å². The van der Waals surface area contributed by atoms with Crippen molar-refractivity contribution in [2.45, 2.75) is 23.1 Å². The van der Waals surface area contributed by atoms with Crippen molar-refractivity contribution in [3.8, 4) is 5.75 Å². The standard InChI is InChI=1S/C23H23NO2S/c1-17(27-21-15-9-14-20(16-21)26-2)23(25)24-22(18-10-5-3-6-11-18)19-12-7-4-8-13-19/h3-17,22H,1-2H3,(H,24,25). The van der Waals surface area contributed by atoms with Gasteiger partial charge < -0.3 is 10.1 Å². The molecule has 138 valence electrons. The van der Waals surface area contributed by atoms with Gasteiger partial charge in [0.1, 0.15) is 5.75 Å². The molecule has 0 saturated heterocycles. The highest BCUT2D eigenvalue weighted by Gasteiger charge is 2.21. The van der Waals surface area contributed by atoms with E-state index in [1.807, 2.05) is 91.9 Å². The van der Waals surface area contributed by atoms with Gasteiger partial charge in [-0.2, -0.15) is 0 Å². The van der Waals surface area contributed by atoms with Crippen LogP contribution in [0.15, 0.2) is 89.8 Å². The SMILES string of the molecule is COc1cccc(SC(C)C(=O)NC(c2ccccc2)c2ccccc2)c1. The number of nitrogens with one attached hydrogen (secondary N) is 1. The molecule has 3 aromatic carbocycles. The van der Waals surface area contributed by atoms with Crippen molar-refractivity contribution in [3.63, 3.8) is 0 Å². The fraction of sp³-hybridized carbons (Fsp3) is 0.174. The zero-order valence-corrected chi connectivity index (χ0v) is 16.3. The summed E-state index contributed by atoms with van der Waals surface area (Å²) in [5, 5.41) is 2.98. The van der Waals surface area contributed by atoms with Crippen LogP contribution in [0.25, 0.3) is 0 Å². The average Bonchev–Trinajstić information content (AvgIpc) is 2.73. The second-order valence-corrected chi connectivity index (χ2v) is 7.62. The molecular weight excluding hydrogens is 354 g/mol. The summed E-state index contributed by atoms with van der Waals surface area (Å²) in [6, 6.07) is 27.7. The molecular formula is C23H23NO2S. The predicted octanol–water partition coefficient (Wildman–Crippen LogP) is 5.08. The second kappa shape index (κ2) is 9.28. The van der Waals surface area contributed by atoms with Gasteiger partial charge in [-0.05, 0) is 36.2 Å². The van der Waals surface area contributed by atoms with Gasteiger partial charge in [-0.15, -0.1) is 11.8 Å². The second-order valence-electron chi connectivity index (χ2n) is 6.20. The molecule has 3 nitrogen and oxygen atoms in total. The molecule has 1 atom stereocenters. The summed E-state index contributed by atoms with van der Waals surface area (Å²) < 4.78 is 5.26. The Balaban J connectivity index is 1.76. The normalized spacial score (nSPS) is 11.8. The van der Waals surface area contributed by atoms with Gasteiger partial charge in [-0.3, -0.25) is 4.79 Å². The van der Waals surface area contributed by atoms with E-state index in [1.54, 1.807) is 7.11 Å². The Bertz CT molecular complexity index is 828. The van der Waals surface area contributed by atoms with Crippen LogP contribution in [0.1, 0.15) is 24.1 Å². The molecule has 0 aromatic heterocycles. The van der Waals surface area contributed by atoms with Gasteiger partial charge in [0.25, 0.3) is 0 Å². The molecule has 27 heavy (non-hydrogen) atoms. The fourth-order valence-corrected chi connectivity index (χ4v) is 3.77. The number of hydrogen-bond acceptors (Lipinski definition) is 3.